The highest BCUT2D eigenvalue weighted by Crippen LogP contribution is 2.26. The molecule has 1 heterocycles. The predicted molar refractivity (Wildman–Crippen MR) is 68.3 cm³/mol. The van der Waals surface area contributed by atoms with Crippen LogP contribution in [0.1, 0.15) is 19.3 Å². The molecule has 0 aromatic carbocycles. The van der Waals surface area contributed by atoms with Gasteiger partial charge in [0.15, 0.2) is 0 Å². The Morgan fingerprint density at radius 3 is 2.29 bits per heavy atom. The fourth-order valence-corrected chi connectivity index (χ4v) is 2.14. The number of hydrogen-bond acceptors (Lipinski definition) is 2. The first-order valence-electron chi connectivity index (χ1n) is 6.07. The average Bonchev–Trinajstić information content (AvgIpc) is 2.90. The highest BCUT2D eigenvalue weighted by molar-refractivity contribution is 5.51. The summed E-state index contributed by atoms with van der Waals surface area (Å²) < 4.78 is 2.13. The van der Waals surface area contributed by atoms with Crippen LogP contribution in [0.2, 0.25) is 0 Å². The summed E-state index contributed by atoms with van der Waals surface area (Å²) in [5.74, 6) is -0.0113. The Hall–Kier alpha value is -1.32. The van der Waals surface area contributed by atoms with Gasteiger partial charge in [-0.05, 0) is 37.5 Å². The van der Waals surface area contributed by atoms with Crippen molar-refractivity contribution in [3.63, 3.8) is 0 Å². The first-order chi connectivity index (χ1) is 8.33. The molecule has 0 bridgehead atoms. The van der Waals surface area contributed by atoms with Gasteiger partial charge in [0.1, 0.15) is 0 Å². The van der Waals surface area contributed by atoms with E-state index in [4.69, 9.17) is 10.2 Å². The van der Waals surface area contributed by atoms with Crippen LogP contribution in [0.4, 0.5) is 0 Å². The van der Waals surface area contributed by atoms with Crippen molar-refractivity contribution in [3.8, 4) is 0 Å². The molecular formula is C14H19NO2. The molecule has 0 radical (unpaired) electrons. The van der Waals surface area contributed by atoms with E-state index >= 15 is 0 Å². The smallest absolute Gasteiger partial charge is 0.0484 e. The number of allylic oxidation sites excluding steroid dienone is 4. The molecule has 1 aliphatic rings. The van der Waals surface area contributed by atoms with E-state index in [1.165, 1.54) is 11.3 Å². The molecule has 17 heavy (non-hydrogen) atoms. The molecule has 0 unspecified atom stereocenters. The maximum atomic E-state index is 9.05. The van der Waals surface area contributed by atoms with Crippen LogP contribution in [-0.4, -0.2) is 28.0 Å². The van der Waals surface area contributed by atoms with Gasteiger partial charge < -0.3 is 14.8 Å². The van der Waals surface area contributed by atoms with Gasteiger partial charge in [0, 0.05) is 37.2 Å². The third kappa shape index (κ3) is 3.08. The molecule has 0 saturated carbocycles. The van der Waals surface area contributed by atoms with Gasteiger partial charge in [-0.1, -0.05) is 11.6 Å². The first-order valence-corrected chi connectivity index (χ1v) is 6.07. The quantitative estimate of drug-likeness (QED) is 0.817. The van der Waals surface area contributed by atoms with Crippen molar-refractivity contribution < 1.29 is 10.2 Å². The monoisotopic (exact) mass is 233 g/mol. The van der Waals surface area contributed by atoms with Crippen molar-refractivity contribution in [3.05, 3.63) is 42.3 Å². The van der Waals surface area contributed by atoms with Gasteiger partial charge in [0.05, 0.1) is 0 Å². The van der Waals surface area contributed by atoms with Crippen LogP contribution in [0.3, 0.4) is 0 Å². The molecule has 1 aliphatic carbocycles. The molecule has 92 valence electrons. The van der Waals surface area contributed by atoms with Gasteiger partial charge >= 0.3 is 0 Å². The van der Waals surface area contributed by atoms with Crippen molar-refractivity contribution in [2.75, 3.05) is 13.2 Å². The Labute approximate surface area is 102 Å². The van der Waals surface area contributed by atoms with Crippen LogP contribution in [0.15, 0.2) is 42.3 Å². The largest absolute Gasteiger partial charge is 0.396 e. The maximum Gasteiger partial charge on any atom is 0.0484 e. The summed E-state index contributed by atoms with van der Waals surface area (Å²) in [4.78, 5) is 0. The van der Waals surface area contributed by atoms with Crippen molar-refractivity contribution in [1.82, 2.24) is 4.57 Å². The lowest BCUT2D eigenvalue weighted by atomic mass is 9.93. The molecule has 0 saturated heterocycles. The van der Waals surface area contributed by atoms with Crippen LogP contribution in [0, 0.1) is 5.92 Å². The Balaban J connectivity index is 2.00. The zero-order valence-corrected chi connectivity index (χ0v) is 9.92. The fraction of sp³-hybridized carbons (Fsp3) is 0.429. The second kappa shape index (κ2) is 5.84. The van der Waals surface area contributed by atoms with Crippen molar-refractivity contribution in [2.45, 2.75) is 19.3 Å². The summed E-state index contributed by atoms with van der Waals surface area (Å²) in [6.45, 7) is 0.115. The summed E-state index contributed by atoms with van der Waals surface area (Å²) >= 11 is 0. The van der Waals surface area contributed by atoms with Crippen LogP contribution < -0.4 is 0 Å². The minimum absolute atomic E-state index is 0.0113. The summed E-state index contributed by atoms with van der Waals surface area (Å²) in [5.41, 5.74) is 2.61. The Kier molecular flexibility index (Phi) is 4.18. The molecule has 1 aromatic heterocycles. The molecule has 2 rings (SSSR count). The second-order valence-electron chi connectivity index (χ2n) is 4.51. The zero-order chi connectivity index (χ0) is 12.1. The molecular weight excluding hydrogens is 214 g/mol. The zero-order valence-electron chi connectivity index (χ0n) is 9.92. The highest BCUT2D eigenvalue weighted by atomic mass is 16.3. The van der Waals surface area contributed by atoms with Crippen LogP contribution in [0.25, 0.3) is 5.70 Å². The Bertz CT molecular complexity index is 400. The van der Waals surface area contributed by atoms with E-state index in [0.717, 1.165) is 19.3 Å². The molecule has 0 aliphatic heterocycles. The van der Waals surface area contributed by atoms with Gasteiger partial charge in [-0.2, -0.15) is 0 Å². The number of rotatable bonds is 5. The van der Waals surface area contributed by atoms with E-state index < -0.39 is 0 Å². The van der Waals surface area contributed by atoms with Gasteiger partial charge in [0.2, 0.25) is 0 Å². The normalized spacial score (nSPS) is 15.9. The van der Waals surface area contributed by atoms with Crippen molar-refractivity contribution in [1.29, 1.82) is 0 Å². The molecule has 0 atom stereocenters. The minimum Gasteiger partial charge on any atom is -0.396 e. The lowest BCUT2D eigenvalue weighted by Gasteiger charge is -2.18. The van der Waals surface area contributed by atoms with E-state index in [0.29, 0.717) is 0 Å². The SMILES string of the molecule is OCC(CO)CC1=CC=C(n2cccc2)CC1. The number of aromatic nitrogens is 1. The summed E-state index contributed by atoms with van der Waals surface area (Å²) in [6.07, 6.45) is 11.2. The molecule has 0 spiro atoms. The second-order valence-corrected chi connectivity index (χ2v) is 4.51. The van der Waals surface area contributed by atoms with E-state index in [2.05, 4.69) is 29.1 Å². The fourth-order valence-electron chi connectivity index (χ4n) is 2.14. The Morgan fingerprint density at radius 1 is 1.06 bits per heavy atom. The number of nitrogens with zero attached hydrogens (tertiary/aromatic N) is 1. The van der Waals surface area contributed by atoms with E-state index in [1.54, 1.807) is 0 Å². The molecule has 0 amide bonds. The lowest BCUT2D eigenvalue weighted by molar-refractivity contribution is 0.149. The van der Waals surface area contributed by atoms with Gasteiger partial charge in [-0.3, -0.25) is 0 Å². The van der Waals surface area contributed by atoms with E-state index in [-0.39, 0.29) is 19.1 Å². The maximum absolute atomic E-state index is 9.05. The molecule has 2 N–H and O–H groups in total. The van der Waals surface area contributed by atoms with Gasteiger partial charge in [0.25, 0.3) is 0 Å². The summed E-state index contributed by atoms with van der Waals surface area (Å²) in [5, 5.41) is 18.1. The standard InChI is InChI=1S/C14H19NO2/c16-10-13(11-17)9-12-3-5-14(6-4-12)15-7-1-2-8-15/h1-3,5,7-8,13,16-17H,4,6,9-11H2. The lowest BCUT2D eigenvalue weighted by Crippen LogP contribution is -2.12. The van der Waals surface area contributed by atoms with Crippen LogP contribution in [0.5, 0.6) is 0 Å². The van der Waals surface area contributed by atoms with Crippen molar-refractivity contribution >= 4 is 5.70 Å². The van der Waals surface area contributed by atoms with Crippen molar-refractivity contribution in [2.24, 2.45) is 5.92 Å². The Morgan fingerprint density at radius 2 is 1.76 bits per heavy atom. The molecule has 3 nitrogen and oxygen atoms in total. The summed E-state index contributed by atoms with van der Waals surface area (Å²) in [7, 11) is 0. The molecule has 3 heteroatoms. The first kappa shape index (κ1) is 12.1. The number of hydrogen-bond donors (Lipinski definition) is 2. The van der Waals surface area contributed by atoms with Gasteiger partial charge in [-0.25, -0.2) is 0 Å². The predicted octanol–water partition coefficient (Wildman–Crippen LogP) is 2.04. The number of aliphatic hydroxyl groups excluding tert-OH is 2. The molecule has 1 aromatic rings. The molecule has 0 fully saturated rings. The third-order valence-electron chi connectivity index (χ3n) is 3.22. The summed E-state index contributed by atoms with van der Waals surface area (Å²) in [6, 6.07) is 4.04. The topological polar surface area (TPSA) is 45.4 Å². The van der Waals surface area contributed by atoms with Crippen LogP contribution in [-0.2, 0) is 0 Å². The number of aliphatic hydroxyl groups is 2. The average molecular weight is 233 g/mol. The van der Waals surface area contributed by atoms with Crippen LogP contribution >= 0.6 is 0 Å². The third-order valence-corrected chi connectivity index (χ3v) is 3.22. The van der Waals surface area contributed by atoms with Gasteiger partial charge in [-0.15, -0.1) is 0 Å². The van der Waals surface area contributed by atoms with E-state index in [1.807, 2.05) is 12.1 Å². The minimum atomic E-state index is -0.0113. The van der Waals surface area contributed by atoms with E-state index in [9.17, 15) is 0 Å². The highest BCUT2D eigenvalue weighted by Gasteiger charge is 2.12.